The van der Waals surface area contributed by atoms with Crippen molar-refractivity contribution in [2.24, 2.45) is 0 Å². The molecule has 1 heterocycles. The number of rotatable bonds is 10. The Morgan fingerprint density at radius 3 is 2.03 bits per heavy atom. The molecule has 32 heavy (non-hydrogen) atoms. The molecule has 1 aliphatic heterocycles. The Hall–Kier alpha value is -1.90. The van der Waals surface area contributed by atoms with Crippen LogP contribution < -0.4 is 18.9 Å². The van der Waals surface area contributed by atoms with E-state index >= 15 is 0 Å². The smallest absolute Gasteiger partial charge is 0.203 e. The highest BCUT2D eigenvalue weighted by Gasteiger charge is 2.22. The average molecular weight is 489 g/mol. The molecule has 9 heteroatoms. The van der Waals surface area contributed by atoms with E-state index in [4.69, 9.17) is 18.9 Å². The molecule has 0 radical (unpaired) electrons. The lowest BCUT2D eigenvalue weighted by molar-refractivity contribution is 0.0445. The number of β-amino-alcohol motifs (C(OH)–C–C–N with tert-alkyl or cyclic N) is 1. The van der Waals surface area contributed by atoms with Crippen molar-refractivity contribution in [3.63, 3.8) is 0 Å². The lowest BCUT2D eigenvalue weighted by atomic mass is 10.1. The average Bonchev–Trinajstić information content (AvgIpc) is 2.79. The maximum absolute atomic E-state index is 10.3. The van der Waals surface area contributed by atoms with Crippen molar-refractivity contribution in [1.82, 2.24) is 9.80 Å². The van der Waals surface area contributed by atoms with Crippen LogP contribution >= 0.6 is 24.8 Å². The van der Waals surface area contributed by atoms with Crippen LogP contribution in [0.25, 0.3) is 0 Å². The van der Waals surface area contributed by atoms with Gasteiger partial charge in [-0.15, -0.1) is 24.8 Å². The van der Waals surface area contributed by atoms with Crippen LogP contribution in [0.2, 0.25) is 0 Å². The van der Waals surface area contributed by atoms with Gasteiger partial charge in [-0.05, 0) is 18.2 Å². The number of aliphatic hydroxyl groups excluding tert-OH is 1. The number of halogens is 2. The molecule has 0 spiro atoms. The van der Waals surface area contributed by atoms with Crippen LogP contribution in [-0.4, -0.2) is 81.7 Å². The molecule has 1 saturated heterocycles. The van der Waals surface area contributed by atoms with Gasteiger partial charge < -0.3 is 24.1 Å². The van der Waals surface area contributed by atoms with E-state index in [2.05, 4.69) is 9.80 Å². The van der Waals surface area contributed by atoms with Crippen LogP contribution in [0.3, 0.4) is 0 Å². The summed E-state index contributed by atoms with van der Waals surface area (Å²) in [5.74, 6) is 2.78. The topological polar surface area (TPSA) is 63.6 Å². The minimum atomic E-state index is -0.511. The van der Waals surface area contributed by atoms with Crippen molar-refractivity contribution >= 4 is 24.8 Å². The lowest BCUT2D eigenvalue weighted by Crippen LogP contribution is -2.48. The number of piperazine rings is 1. The van der Waals surface area contributed by atoms with Crippen molar-refractivity contribution in [3.05, 3.63) is 48.0 Å². The van der Waals surface area contributed by atoms with E-state index in [9.17, 15) is 5.11 Å². The van der Waals surface area contributed by atoms with Gasteiger partial charge in [0, 0.05) is 44.8 Å². The zero-order chi connectivity index (χ0) is 21.3. The standard InChI is InChI=1S/C23H32N2O5.2ClH/c1-27-21-10-9-18(22(28-2)23(21)29-3)15-24-11-13-25(14-12-24)16-19(26)17-30-20-7-5-4-6-8-20;;/h4-10,19,26H,11-17H2,1-3H3;2*1H. The minimum Gasteiger partial charge on any atom is -0.493 e. The number of hydrogen-bond acceptors (Lipinski definition) is 7. The first-order valence-corrected chi connectivity index (χ1v) is 10.2. The Kier molecular flexibility index (Phi) is 12.6. The van der Waals surface area contributed by atoms with E-state index in [1.807, 2.05) is 42.5 Å². The summed E-state index contributed by atoms with van der Waals surface area (Å²) in [6, 6.07) is 13.5. The minimum absolute atomic E-state index is 0. The normalized spacial score (nSPS) is 15.1. The summed E-state index contributed by atoms with van der Waals surface area (Å²) in [6.45, 7) is 5.33. The van der Waals surface area contributed by atoms with Gasteiger partial charge in [-0.3, -0.25) is 9.80 Å². The number of hydrogen-bond donors (Lipinski definition) is 1. The Balaban J connectivity index is 0.00000256. The first kappa shape index (κ1) is 28.1. The van der Waals surface area contributed by atoms with Crippen LogP contribution in [-0.2, 0) is 6.54 Å². The van der Waals surface area contributed by atoms with Crippen LogP contribution in [0, 0.1) is 0 Å². The second-order valence-corrected chi connectivity index (χ2v) is 7.35. The van der Waals surface area contributed by atoms with Crippen molar-refractivity contribution < 1.29 is 24.1 Å². The molecule has 1 N–H and O–H groups in total. The maximum atomic E-state index is 10.3. The molecule has 0 aromatic heterocycles. The number of ether oxygens (including phenoxy) is 4. The second kappa shape index (κ2) is 14.3. The SMILES string of the molecule is COc1ccc(CN2CCN(CC(O)COc3ccccc3)CC2)c(OC)c1OC.Cl.Cl. The zero-order valence-corrected chi connectivity index (χ0v) is 20.5. The fraction of sp³-hybridized carbons (Fsp3) is 0.478. The summed E-state index contributed by atoms with van der Waals surface area (Å²) < 4.78 is 22.1. The second-order valence-electron chi connectivity index (χ2n) is 7.35. The molecule has 7 nitrogen and oxygen atoms in total. The van der Waals surface area contributed by atoms with Gasteiger partial charge in [0.05, 0.1) is 21.3 Å². The monoisotopic (exact) mass is 488 g/mol. The van der Waals surface area contributed by atoms with Crippen molar-refractivity contribution in [2.45, 2.75) is 12.6 Å². The predicted octanol–water partition coefficient (Wildman–Crippen LogP) is 3.11. The number of nitrogens with zero attached hydrogens (tertiary/aromatic N) is 2. The molecule has 0 amide bonds. The van der Waals surface area contributed by atoms with Gasteiger partial charge in [0.2, 0.25) is 5.75 Å². The van der Waals surface area contributed by atoms with Crippen LogP contribution in [0.1, 0.15) is 5.56 Å². The van der Waals surface area contributed by atoms with Gasteiger partial charge in [0.15, 0.2) is 11.5 Å². The van der Waals surface area contributed by atoms with Crippen molar-refractivity contribution in [1.29, 1.82) is 0 Å². The number of benzene rings is 2. The van der Waals surface area contributed by atoms with E-state index in [0.717, 1.165) is 44.0 Å². The first-order valence-electron chi connectivity index (χ1n) is 10.2. The maximum Gasteiger partial charge on any atom is 0.203 e. The molecule has 1 fully saturated rings. The third kappa shape index (κ3) is 7.60. The van der Waals surface area contributed by atoms with E-state index in [-0.39, 0.29) is 24.8 Å². The molecule has 2 aromatic carbocycles. The summed E-state index contributed by atoms with van der Waals surface area (Å²) in [4.78, 5) is 4.66. The predicted molar refractivity (Wildman–Crippen MR) is 130 cm³/mol. The van der Waals surface area contributed by atoms with Gasteiger partial charge in [0.1, 0.15) is 18.5 Å². The highest BCUT2D eigenvalue weighted by molar-refractivity contribution is 5.85. The number of aliphatic hydroxyl groups is 1. The molecule has 1 aliphatic rings. The van der Waals surface area contributed by atoms with Crippen molar-refractivity contribution in [2.75, 3.05) is 60.7 Å². The summed E-state index contributed by atoms with van der Waals surface area (Å²) >= 11 is 0. The highest BCUT2D eigenvalue weighted by Crippen LogP contribution is 2.40. The fourth-order valence-electron chi connectivity index (χ4n) is 3.72. The van der Waals surface area contributed by atoms with Gasteiger partial charge in [0.25, 0.3) is 0 Å². The Morgan fingerprint density at radius 2 is 1.44 bits per heavy atom. The summed E-state index contributed by atoms with van der Waals surface area (Å²) in [6.07, 6.45) is -0.511. The Morgan fingerprint density at radius 1 is 0.812 bits per heavy atom. The molecular weight excluding hydrogens is 455 g/mol. The fourth-order valence-corrected chi connectivity index (χ4v) is 3.72. The van der Waals surface area contributed by atoms with E-state index in [1.165, 1.54) is 0 Å². The summed E-state index contributed by atoms with van der Waals surface area (Å²) in [5, 5.41) is 10.3. The largest absolute Gasteiger partial charge is 0.493 e. The quantitative estimate of drug-likeness (QED) is 0.550. The summed E-state index contributed by atoms with van der Waals surface area (Å²) in [5.41, 5.74) is 1.07. The van der Waals surface area contributed by atoms with Crippen LogP contribution in [0.15, 0.2) is 42.5 Å². The molecule has 2 aromatic rings. The Bertz CT molecular complexity index is 789. The van der Waals surface area contributed by atoms with Gasteiger partial charge in [-0.2, -0.15) is 0 Å². The molecule has 0 saturated carbocycles. The molecule has 1 atom stereocenters. The Labute approximate surface area is 203 Å². The number of para-hydroxylation sites is 1. The van der Waals surface area contributed by atoms with Crippen LogP contribution in [0.5, 0.6) is 23.0 Å². The lowest BCUT2D eigenvalue weighted by Gasteiger charge is -2.35. The first-order chi connectivity index (χ1) is 14.6. The highest BCUT2D eigenvalue weighted by atomic mass is 35.5. The summed E-state index contributed by atoms with van der Waals surface area (Å²) in [7, 11) is 4.89. The van der Waals surface area contributed by atoms with Gasteiger partial charge >= 0.3 is 0 Å². The van der Waals surface area contributed by atoms with E-state index in [1.54, 1.807) is 21.3 Å². The number of methoxy groups -OCH3 is 3. The van der Waals surface area contributed by atoms with Crippen molar-refractivity contribution in [3.8, 4) is 23.0 Å². The van der Waals surface area contributed by atoms with Gasteiger partial charge in [-0.1, -0.05) is 24.3 Å². The van der Waals surface area contributed by atoms with E-state index < -0.39 is 6.10 Å². The molecule has 0 bridgehead atoms. The molecule has 0 aliphatic carbocycles. The molecule has 1 unspecified atom stereocenters. The van der Waals surface area contributed by atoms with Crippen LogP contribution in [0.4, 0.5) is 0 Å². The molecule has 3 rings (SSSR count). The zero-order valence-electron chi connectivity index (χ0n) is 18.9. The third-order valence-electron chi connectivity index (χ3n) is 5.30. The van der Waals surface area contributed by atoms with E-state index in [0.29, 0.717) is 30.4 Å². The molecule has 180 valence electrons. The van der Waals surface area contributed by atoms with Gasteiger partial charge in [-0.25, -0.2) is 0 Å². The third-order valence-corrected chi connectivity index (χ3v) is 5.30. The molecular formula is C23H34Cl2N2O5.